The molecule has 0 bridgehead atoms. The first kappa shape index (κ1) is 21.7. The van der Waals surface area contributed by atoms with Crippen LogP contribution in [0.15, 0.2) is 59.1 Å². The molecular weight excluding hydrogens is 404 g/mol. The second-order valence-electron chi connectivity index (χ2n) is 8.96. The van der Waals surface area contributed by atoms with Crippen molar-refractivity contribution in [2.45, 2.75) is 52.9 Å². The predicted octanol–water partition coefficient (Wildman–Crippen LogP) is 6.45. The molecule has 0 spiro atoms. The summed E-state index contributed by atoms with van der Waals surface area (Å²) in [6.07, 6.45) is 1.25. The number of rotatable bonds is 5. The topological polar surface area (TPSA) is 73.6 Å². The average molecular weight is 433 g/mol. The van der Waals surface area contributed by atoms with Gasteiger partial charge in [0.2, 0.25) is 0 Å². The van der Waals surface area contributed by atoms with E-state index >= 15 is 0 Å². The van der Waals surface area contributed by atoms with Crippen LogP contribution in [0.3, 0.4) is 0 Å². The van der Waals surface area contributed by atoms with Crippen LogP contribution in [0.5, 0.6) is 5.75 Å². The number of pyridine rings is 1. The monoisotopic (exact) mass is 432 g/mol. The number of nitrogens with zero attached hydrogens (tertiary/aromatic N) is 1. The van der Waals surface area contributed by atoms with E-state index in [2.05, 4.69) is 10.3 Å². The summed E-state index contributed by atoms with van der Waals surface area (Å²) in [5.74, 6) is 0.631. The minimum absolute atomic E-state index is 0.318. The Hall–Kier alpha value is -3.54. The highest BCUT2D eigenvalue weighted by Crippen LogP contribution is 2.37. The molecule has 32 heavy (non-hydrogen) atoms. The van der Waals surface area contributed by atoms with E-state index in [1.165, 1.54) is 0 Å². The van der Waals surface area contributed by atoms with Crippen molar-refractivity contribution in [3.05, 3.63) is 71.4 Å². The van der Waals surface area contributed by atoms with E-state index in [0.717, 1.165) is 27.6 Å². The number of carbonyl (C=O) groups is 1. The van der Waals surface area contributed by atoms with Crippen molar-refractivity contribution in [1.82, 2.24) is 10.3 Å². The number of nitrogens with one attached hydrogen (secondary N) is 1. The number of hydrogen-bond donors (Lipinski definition) is 1. The molecule has 0 unspecified atom stereocenters. The van der Waals surface area contributed by atoms with Crippen LogP contribution in [0.4, 0.5) is 4.79 Å². The molecule has 0 saturated heterocycles. The zero-order valence-electron chi connectivity index (χ0n) is 19.1. The molecule has 4 rings (SSSR count). The summed E-state index contributed by atoms with van der Waals surface area (Å²) in [5.41, 5.74) is 4.41. The van der Waals surface area contributed by atoms with E-state index in [-0.39, 0.29) is 6.04 Å². The maximum atomic E-state index is 12.3. The van der Waals surface area contributed by atoms with Crippen LogP contribution >= 0.6 is 0 Å². The number of amides is 1. The normalized spacial score (nSPS) is 12.7. The maximum absolute atomic E-state index is 12.3. The molecule has 2 aromatic heterocycles. The van der Waals surface area contributed by atoms with Crippen molar-refractivity contribution < 1.29 is 18.7 Å². The Bertz CT molecular complexity index is 1260. The van der Waals surface area contributed by atoms with Gasteiger partial charge >= 0.3 is 6.09 Å². The van der Waals surface area contributed by atoms with E-state index in [0.29, 0.717) is 23.5 Å². The SMILES string of the molecule is Cc1cc([C@@H](C)NC(=O)OC(C)(C)C)c2oc3c(OCc4ccccc4)ccnc3c2c1. The molecule has 1 N–H and O–H groups in total. The van der Waals surface area contributed by atoms with Gasteiger partial charge in [-0.05, 0) is 51.8 Å². The lowest BCUT2D eigenvalue weighted by atomic mass is 10.0. The van der Waals surface area contributed by atoms with E-state index in [4.69, 9.17) is 13.9 Å². The van der Waals surface area contributed by atoms with Gasteiger partial charge in [0.05, 0.1) is 6.04 Å². The fourth-order valence-electron chi connectivity index (χ4n) is 3.65. The number of aryl methyl sites for hydroxylation is 1. The van der Waals surface area contributed by atoms with Crippen molar-refractivity contribution in [3.8, 4) is 5.75 Å². The molecule has 4 aromatic rings. The Morgan fingerprint density at radius 2 is 1.88 bits per heavy atom. The van der Waals surface area contributed by atoms with Crippen LogP contribution in [-0.2, 0) is 11.3 Å². The quantitative estimate of drug-likeness (QED) is 0.392. The van der Waals surface area contributed by atoms with Crippen LogP contribution in [-0.4, -0.2) is 16.7 Å². The molecule has 0 radical (unpaired) electrons. The highest BCUT2D eigenvalue weighted by atomic mass is 16.6. The summed E-state index contributed by atoms with van der Waals surface area (Å²) in [6.45, 7) is 9.86. The summed E-state index contributed by atoms with van der Waals surface area (Å²) in [6, 6.07) is 15.5. The lowest BCUT2D eigenvalue weighted by molar-refractivity contribution is 0.0508. The summed E-state index contributed by atoms with van der Waals surface area (Å²) >= 11 is 0. The first-order chi connectivity index (χ1) is 15.2. The molecule has 2 aromatic carbocycles. The Morgan fingerprint density at radius 3 is 2.59 bits per heavy atom. The van der Waals surface area contributed by atoms with Gasteiger partial charge in [0, 0.05) is 23.2 Å². The zero-order chi connectivity index (χ0) is 22.9. The fourth-order valence-corrected chi connectivity index (χ4v) is 3.65. The van der Waals surface area contributed by atoms with Crippen molar-refractivity contribution in [2.24, 2.45) is 0 Å². The summed E-state index contributed by atoms with van der Waals surface area (Å²) in [7, 11) is 0. The molecular formula is C26H28N2O4. The number of carbonyl (C=O) groups excluding carboxylic acids is 1. The molecule has 0 saturated carbocycles. The third-order valence-corrected chi connectivity index (χ3v) is 5.03. The summed E-state index contributed by atoms with van der Waals surface area (Å²) < 4.78 is 17.8. The van der Waals surface area contributed by atoms with Crippen LogP contribution in [0, 0.1) is 6.92 Å². The predicted molar refractivity (Wildman–Crippen MR) is 125 cm³/mol. The minimum atomic E-state index is -0.569. The van der Waals surface area contributed by atoms with Gasteiger partial charge in [-0.25, -0.2) is 4.79 Å². The number of furan rings is 1. The number of hydrogen-bond acceptors (Lipinski definition) is 5. The summed E-state index contributed by atoms with van der Waals surface area (Å²) in [4.78, 5) is 16.9. The van der Waals surface area contributed by atoms with Gasteiger partial charge < -0.3 is 19.2 Å². The molecule has 0 aliphatic carbocycles. The molecule has 1 amide bonds. The van der Waals surface area contributed by atoms with E-state index < -0.39 is 11.7 Å². The van der Waals surface area contributed by atoms with Gasteiger partial charge in [0.25, 0.3) is 0 Å². The van der Waals surface area contributed by atoms with Crippen LogP contribution in [0.25, 0.3) is 22.1 Å². The molecule has 0 fully saturated rings. The Morgan fingerprint density at radius 1 is 1.12 bits per heavy atom. The maximum Gasteiger partial charge on any atom is 0.408 e. The number of alkyl carbamates (subject to hydrolysis) is 1. The van der Waals surface area contributed by atoms with Gasteiger partial charge in [-0.3, -0.25) is 4.98 Å². The fraction of sp³-hybridized carbons (Fsp3) is 0.308. The van der Waals surface area contributed by atoms with E-state index in [1.807, 2.05) is 83.1 Å². The molecule has 6 heteroatoms. The van der Waals surface area contributed by atoms with E-state index in [1.54, 1.807) is 6.20 Å². The zero-order valence-corrected chi connectivity index (χ0v) is 19.1. The number of fused-ring (bicyclic) bond motifs is 3. The molecule has 1 atom stereocenters. The van der Waals surface area contributed by atoms with E-state index in [9.17, 15) is 4.79 Å². The first-order valence-corrected chi connectivity index (χ1v) is 10.7. The van der Waals surface area contributed by atoms with Crippen molar-refractivity contribution >= 4 is 28.2 Å². The van der Waals surface area contributed by atoms with Gasteiger partial charge in [0.1, 0.15) is 23.3 Å². The molecule has 6 nitrogen and oxygen atoms in total. The third kappa shape index (κ3) is 4.69. The Balaban J connectivity index is 1.70. The molecule has 0 aliphatic rings. The minimum Gasteiger partial charge on any atom is -0.485 e. The van der Waals surface area contributed by atoms with Crippen LogP contribution < -0.4 is 10.1 Å². The lowest BCUT2D eigenvalue weighted by Crippen LogP contribution is -2.34. The Labute approximate surface area is 187 Å². The molecule has 0 aliphatic heterocycles. The van der Waals surface area contributed by atoms with Crippen LogP contribution in [0.2, 0.25) is 0 Å². The van der Waals surface area contributed by atoms with Crippen molar-refractivity contribution in [1.29, 1.82) is 0 Å². The largest absolute Gasteiger partial charge is 0.485 e. The van der Waals surface area contributed by atoms with Gasteiger partial charge in [0.15, 0.2) is 11.3 Å². The standard InChI is InChI=1S/C26H28N2O4/c1-16-13-19(17(2)28-25(29)32-26(3,4)5)23-20(14-16)22-24(31-23)21(11-12-27-22)30-15-18-9-7-6-8-10-18/h6-14,17H,15H2,1-5H3,(H,28,29)/t17-/m1/s1. The van der Waals surface area contributed by atoms with Crippen molar-refractivity contribution in [2.75, 3.05) is 0 Å². The van der Waals surface area contributed by atoms with Crippen molar-refractivity contribution in [3.63, 3.8) is 0 Å². The second kappa shape index (κ2) is 8.54. The number of aromatic nitrogens is 1. The average Bonchev–Trinajstić information content (AvgIpc) is 3.10. The first-order valence-electron chi connectivity index (χ1n) is 10.7. The lowest BCUT2D eigenvalue weighted by Gasteiger charge is -2.22. The highest BCUT2D eigenvalue weighted by molar-refractivity contribution is 6.05. The Kier molecular flexibility index (Phi) is 5.78. The molecule has 2 heterocycles. The third-order valence-electron chi connectivity index (χ3n) is 5.03. The second-order valence-corrected chi connectivity index (χ2v) is 8.96. The van der Waals surface area contributed by atoms with Gasteiger partial charge in [-0.15, -0.1) is 0 Å². The van der Waals surface area contributed by atoms with Gasteiger partial charge in [-0.1, -0.05) is 36.4 Å². The highest BCUT2D eigenvalue weighted by Gasteiger charge is 2.22. The summed E-state index contributed by atoms with van der Waals surface area (Å²) in [5, 5.41) is 3.79. The number of ether oxygens (including phenoxy) is 2. The smallest absolute Gasteiger partial charge is 0.408 e. The van der Waals surface area contributed by atoms with Crippen LogP contribution in [0.1, 0.15) is 50.4 Å². The molecule has 166 valence electrons. The van der Waals surface area contributed by atoms with Gasteiger partial charge in [-0.2, -0.15) is 0 Å². The number of benzene rings is 2.